The second kappa shape index (κ2) is 10.0. The lowest BCUT2D eigenvalue weighted by Gasteiger charge is -2.25. The first-order valence-electron chi connectivity index (χ1n) is 10.7. The molecular formula is C26H24ClNO6S. The van der Waals surface area contributed by atoms with Gasteiger partial charge in [-0.15, -0.1) is 11.3 Å². The minimum Gasteiger partial charge on any atom is -0.507 e. The van der Waals surface area contributed by atoms with E-state index >= 15 is 0 Å². The number of carbonyl (C=O) groups is 2. The number of benzene rings is 2. The van der Waals surface area contributed by atoms with Crippen molar-refractivity contribution >= 4 is 40.4 Å². The number of carbonyl (C=O) groups excluding carboxylic acids is 2. The summed E-state index contributed by atoms with van der Waals surface area (Å²) in [5, 5.41) is 13.6. The first-order chi connectivity index (χ1) is 16.8. The molecule has 1 atom stereocenters. The van der Waals surface area contributed by atoms with E-state index in [9.17, 15) is 14.7 Å². The number of hydrogen-bond acceptors (Lipinski definition) is 7. The smallest absolute Gasteiger partial charge is 0.295 e. The quantitative estimate of drug-likeness (QED) is 0.260. The van der Waals surface area contributed by atoms with Crippen LogP contribution in [0.1, 0.15) is 27.6 Å². The predicted octanol–water partition coefficient (Wildman–Crippen LogP) is 5.36. The van der Waals surface area contributed by atoms with E-state index in [2.05, 4.69) is 0 Å². The van der Waals surface area contributed by atoms with Gasteiger partial charge in [0.2, 0.25) is 0 Å². The number of methoxy groups -OCH3 is 3. The molecular weight excluding hydrogens is 490 g/mol. The fourth-order valence-electron chi connectivity index (χ4n) is 4.24. The number of ether oxygens (including phenoxy) is 3. The van der Waals surface area contributed by atoms with Crippen LogP contribution in [-0.4, -0.2) is 43.0 Å². The molecule has 1 aromatic heterocycles. The number of ketones is 1. The molecule has 1 amide bonds. The van der Waals surface area contributed by atoms with Crippen molar-refractivity contribution in [3.8, 4) is 17.2 Å². The SMILES string of the molecule is COc1ccc(C2/C(=C(\O)c3cc(C)cc(Cl)c3OC)C(=O)C(=O)N2Cc2cccs2)cc1OC. The Morgan fingerprint density at radius 1 is 1.06 bits per heavy atom. The van der Waals surface area contributed by atoms with Crippen molar-refractivity contribution in [2.24, 2.45) is 0 Å². The summed E-state index contributed by atoms with van der Waals surface area (Å²) in [6.45, 7) is 2.01. The van der Waals surface area contributed by atoms with Crippen LogP contribution in [0.25, 0.3) is 5.76 Å². The number of halogens is 1. The summed E-state index contributed by atoms with van der Waals surface area (Å²) in [5.41, 5.74) is 1.52. The monoisotopic (exact) mass is 513 g/mol. The van der Waals surface area contributed by atoms with Gasteiger partial charge >= 0.3 is 0 Å². The van der Waals surface area contributed by atoms with E-state index in [1.165, 1.54) is 37.6 Å². The molecule has 1 aliphatic rings. The highest BCUT2D eigenvalue weighted by Gasteiger charge is 2.46. The van der Waals surface area contributed by atoms with Crippen LogP contribution in [0.15, 0.2) is 53.4 Å². The standard InChI is InChI=1S/C26H24ClNO6S/c1-14-10-17(25(34-4)18(27)11-14)23(29)21-22(15-7-8-19(32-2)20(12-15)33-3)28(26(31)24(21)30)13-16-6-5-9-35-16/h5-12,22,29H,13H2,1-4H3/b23-21+. The first kappa shape index (κ1) is 24.6. The topological polar surface area (TPSA) is 85.3 Å². The molecule has 1 aliphatic heterocycles. The van der Waals surface area contributed by atoms with Gasteiger partial charge in [-0.3, -0.25) is 9.59 Å². The lowest BCUT2D eigenvalue weighted by Crippen LogP contribution is -2.28. The number of Topliss-reactive ketones (excluding diaryl/α,β-unsaturated/α-hetero) is 1. The zero-order chi connectivity index (χ0) is 25.3. The van der Waals surface area contributed by atoms with Crippen molar-refractivity contribution in [1.82, 2.24) is 4.90 Å². The Labute approximate surface area is 212 Å². The third-order valence-electron chi connectivity index (χ3n) is 5.82. The van der Waals surface area contributed by atoms with Crippen LogP contribution >= 0.6 is 22.9 Å². The molecule has 35 heavy (non-hydrogen) atoms. The van der Waals surface area contributed by atoms with Crippen LogP contribution in [-0.2, 0) is 16.1 Å². The van der Waals surface area contributed by atoms with Crippen LogP contribution in [0.2, 0.25) is 5.02 Å². The van der Waals surface area contributed by atoms with E-state index in [1.807, 2.05) is 24.4 Å². The van der Waals surface area contributed by atoms with E-state index in [0.717, 1.165) is 10.4 Å². The summed E-state index contributed by atoms with van der Waals surface area (Å²) in [6.07, 6.45) is 0. The Morgan fingerprint density at radius 3 is 2.43 bits per heavy atom. The van der Waals surface area contributed by atoms with Crippen LogP contribution in [0, 0.1) is 6.92 Å². The number of amides is 1. The molecule has 2 aromatic carbocycles. The molecule has 2 heterocycles. The minimum absolute atomic E-state index is 0.0567. The maximum atomic E-state index is 13.4. The lowest BCUT2D eigenvalue weighted by molar-refractivity contribution is -0.140. The Bertz CT molecular complexity index is 1320. The van der Waals surface area contributed by atoms with Gasteiger partial charge in [-0.25, -0.2) is 0 Å². The number of rotatable bonds is 7. The highest BCUT2D eigenvalue weighted by Crippen LogP contribution is 2.45. The number of hydrogen-bond donors (Lipinski definition) is 1. The zero-order valence-electron chi connectivity index (χ0n) is 19.6. The number of aliphatic hydroxyl groups is 1. The summed E-state index contributed by atoms with van der Waals surface area (Å²) in [7, 11) is 4.45. The first-order valence-corrected chi connectivity index (χ1v) is 11.9. The van der Waals surface area contributed by atoms with Crippen molar-refractivity contribution in [2.45, 2.75) is 19.5 Å². The molecule has 9 heteroatoms. The van der Waals surface area contributed by atoms with Crippen LogP contribution in [0.3, 0.4) is 0 Å². The summed E-state index contributed by atoms with van der Waals surface area (Å²) in [4.78, 5) is 29.0. The third kappa shape index (κ3) is 4.47. The molecule has 4 rings (SSSR count). The molecule has 1 N–H and O–H groups in total. The van der Waals surface area contributed by atoms with E-state index in [4.69, 9.17) is 25.8 Å². The maximum absolute atomic E-state index is 13.4. The van der Waals surface area contributed by atoms with Gasteiger partial charge in [0.25, 0.3) is 11.7 Å². The van der Waals surface area contributed by atoms with Gasteiger partial charge in [-0.05, 0) is 53.8 Å². The second-order valence-corrected chi connectivity index (χ2v) is 9.39. The number of nitrogens with zero attached hydrogens (tertiary/aromatic N) is 1. The van der Waals surface area contributed by atoms with Gasteiger partial charge in [0.05, 0.1) is 50.1 Å². The summed E-state index contributed by atoms with van der Waals surface area (Å²) >= 11 is 7.82. The molecule has 0 saturated carbocycles. The predicted molar refractivity (Wildman–Crippen MR) is 134 cm³/mol. The fraction of sp³-hybridized carbons (Fsp3) is 0.231. The Morgan fingerprint density at radius 2 is 1.80 bits per heavy atom. The number of thiophene rings is 1. The van der Waals surface area contributed by atoms with Crippen LogP contribution in [0.5, 0.6) is 17.2 Å². The highest BCUT2D eigenvalue weighted by molar-refractivity contribution is 7.09. The van der Waals surface area contributed by atoms with Gasteiger partial charge in [0.1, 0.15) is 11.5 Å². The van der Waals surface area contributed by atoms with Crippen molar-refractivity contribution in [2.75, 3.05) is 21.3 Å². The van der Waals surface area contributed by atoms with E-state index < -0.39 is 17.7 Å². The molecule has 182 valence electrons. The maximum Gasteiger partial charge on any atom is 0.295 e. The minimum atomic E-state index is -0.874. The number of aryl methyl sites for hydroxylation is 1. The van der Waals surface area contributed by atoms with Gasteiger partial charge in [-0.2, -0.15) is 0 Å². The number of likely N-dealkylation sites (tertiary alicyclic amines) is 1. The lowest BCUT2D eigenvalue weighted by atomic mass is 9.94. The van der Waals surface area contributed by atoms with E-state index in [0.29, 0.717) is 17.1 Å². The van der Waals surface area contributed by atoms with Crippen LogP contribution < -0.4 is 14.2 Å². The molecule has 0 spiro atoms. The average Bonchev–Trinajstić information content (AvgIpc) is 3.45. The van der Waals surface area contributed by atoms with Gasteiger partial charge in [0, 0.05) is 4.88 Å². The largest absolute Gasteiger partial charge is 0.507 e. The van der Waals surface area contributed by atoms with Gasteiger partial charge < -0.3 is 24.2 Å². The molecule has 1 saturated heterocycles. The zero-order valence-corrected chi connectivity index (χ0v) is 21.2. The second-order valence-electron chi connectivity index (χ2n) is 7.95. The Kier molecular flexibility index (Phi) is 7.05. The van der Waals surface area contributed by atoms with Crippen molar-refractivity contribution in [1.29, 1.82) is 0 Å². The Hall–Kier alpha value is -3.49. The molecule has 1 unspecified atom stereocenters. The summed E-state index contributed by atoms with van der Waals surface area (Å²) < 4.78 is 16.2. The fourth-order valence-corrected chi connectivity index (χ4v) is 5.29. The molecule has 0 radical (unpaired) electrons. The van der Waals surface area contributed by atoms with Gasteiger partial charge in [-0.1, -0.05) is 23.7 Å². The highest BCUT2D eigenvalue weighted by atomic mass is 35.5. The van der Waals surface area contributed by atoms with Crippen LogP contribution in [0.4, 0.5) is 0 Å². The van der Waals surface area contributed by atoms with Crippen molar-refractivity contribution in [3.63, 3.8) is 0 Å². The summed E-state index contributed by atoms with van der Waals surface area (Å²) in [5.74, 6) is -0.720. The molecule has 1 fully saturated rings. The van der Waals surface area contributed by atoms with E-state index in [1.54, 1.807) is 30.3 Å². The molecule has 7 nitrogen and oxygen atoms in total. The normalized spacial score (nSPS) is 17.1. The van der Waals surface area contributed by atoms with Gasteiger partial charge in [0.15, 0.2) is 11.5 Å². The Balaban J connectivity index is 1.96. The summed E-state index contributed by atoms with van der Waals surface area (Å²) in [6, 6.07) is 11.4. The average molecular weight is 514 g/mol. The van der Waals surface area contributed by atoms with Crippen molar-refractivity contribution < 1.29 is 28.9 Å². The van der Waals surface area contributed by atoms with E-state index in [-0.39, 0.29) is 34.2 Å². The molecule has 0 bridgehead atoms. The third-order valence-corrected chi connectivity index (χ3v) is 6.96. The molecule has 3 aromatic rings. The number of aliphatic hydroxyl groups excluding tert-OH is 1. The van der Waals surface area contributed by atoms with Crippen molar-refractivity contribution in [3.05, 3.63) is 80.0 Å². The molecule has 0 aliphatic carbocycles.